The summed E-state index contributed by atoms with van der Waals surface area (Å²) in [5, 5.41) is 12.2. The first-order valence-electron chi connectivity index (χ1n) is 8.95. The van der Waals surface area contributed by atoms with E-state index in [0.29, 0.717) is 6.42 Å². The molecule has 1 unspecified atom stereocenters. The van der Waals surface area contributed by atoms with E-state index in [4.69, 9.17) is 4.74 Å². The second-order valence-corrected chi connectivity index (χ2v) is 7.24. The number of rotatable bonds is 7. The van der Waals surface area contributed by atoms with Crippen molar-refractivity contribution in [2.45, 2.75) is 52.7 Å². The molecule has 0 aliphatic carbocycles. The van der Waals surface area contributed by atoms with Crippen molar-refractivity contribution in [3.63, 3.8) is 0 Å². The summed E-state index contributed by atoms with van der Waals surface area (Å²) in [5.74, 6) is 0. The van der Waals surface area contributed by atoms with Gasteiger partial charge in [-0.25, -0.2) is 4.79 Å². The molecular weight excluding hydrogens is 344 g/mol. The number of aromatic nitrogens is 1. The molecule has 0 spiro atoms. The lowest BCUT2D eigenvalue weighted by molar-refractivity contribution is 0.0483. The Kier molecular flexibility index (Phi) is 8.75. The minimum absolute atomic E-state index is 0.118. The largest absolute Gasteiger partial charge is 0.444 e. The molecule has 27 heavy (non-hydrogen) atoms. The molecule has 0 aliphatic rings. The fraction of sp³-hybridized carbons (Fsp3) is 0.429. The zero-order valence-corrected chi connectivity index (χ0v) is 16.7. The minimum atomic E-state index is -0.595. The van der Waals surface area contributed by atoms with Crippen molar-refractivity contribution in [2.75, 3.05) is 6.61 Å². The number of hydrogen-bond donors (Lipinski definition) is 2. The maximum Gasteiger partial charge on any atom is 0.407 e. The van der Waals surface area contributed by atoms with Gasteiger partial charge in [-0.15, -0.1) is 0 Å². The Morgan fingerprint density at radius 3 is 2.59 bits per heavy atom. The third-order valence-electron chi connectivity index (χ3n) is 3.49. The fourth-order valence-corrected chi connectivity index (χ4v) is 2.35. The van der Waals surface area contributed by atoms with Crippen LogP contribution in [0.25, 0.3) is 5.70 Å². The molecule has 1 amide bonds. The normalized spacial score (nSPS) is 14.3. The molecule has 0 saturated carbocycles. The number of carbonyl (C=O) groups excluding carboxylic acids is 1. The third-order valence-corrected chi connectivity index (χ3v) is 3.49. The van der Waals surface area contributed by atoms with Crippen LogP contribution < -0.4 is 10.9 Å². The monoisotopic (exact) mass is 374 g/mol. The standard InChI is InChI=1S/C21H30N2O4/c1-6-9-18(23-13-8-7-10-19(23)25)12-11-16(2)14-17(15-24)22-20(26)27-21(3,4)5/h6-13,17,24H,14-15H2,1-5H3,(H,22,26)/b9-6-,16-11+,18-12+. The molecule has 0 radical (unpaired) electrons. The van der Waals surface area contributed by atoms with Crippen LogP contribution in [0.5, 0.6) is 0 Å². The van der Waals surface area contributed by atoms with Gasteiger partial charge in [-0.2, -0.15) is 0 Å². The number of carbonyl (C=O) groups is 1. The van der Waals surface area contributed by atoms with Gasteiger partial charge in [-0.3, -0.25) is 9.36 Å². The van der Waals surface area contributed by atoms with Gasteiger partial charge in [-0.1, -0.05) is 23.8 Å². The number of aliphatic hydroxyl groups is 1. The highest BCUT2D eigenvalue weighted by atomic mass is 16.6. The molecule has 0 bridgehead atoms. The molecule has 1 rings (SSSR count). The van der Waals surface area contributed by atoms with Gasteiger partial charge in [0.25, 0.3) is 5.56 Å². The van der Waals surface area contributed by atoms with Crippen LogP contribution in [0.4, 0.5) is 4.79 Å². The van der Waals surface area contributed by atoms with Crippen molar-refractivity contribution in [1.29, 1.82) is 0 Å². The number of alkyl carbamates (subject to hydrolysis) is 1. The van der Waals surface area contributed by atoms with E-state index in [-0.39, 0.29) is 12.2 Å². The molecule has 2 N–H and O–H groups in total. The number of hydrogen-bond acceptors (Lipinski definition) is 4. The number of allylic oxidation sites excluding steroid dienone is 5. The van der Waals surface area contributed by atoms with Crippen LogP contribution in [0.15, 0.2) is 59.1 Å². The summed E-state index contributed by atoms with van der Waals surface area (Å²) in [6.45, 7) is 8.93. The van der Waals surface area contributed by atoms with Gasteiger partial charge in [-0.05, 0) is 59.3 Å². The van der Waals surface area contributed by atoms with Crippen molar-refractivity contribution in [1.82, 2.24) is 9.88 Å². The molecule has 1 aromatic rings. The second-order valence-electron chi connectivity index (χ2n) is 7.24. The van der Waals surface area contributed by atoms with Crippen LogP contribution in [-0.2, 0) is 4.74 Å². The maximum absolute atomic E-state index is 12.0. The van der Waals surface area contributed by atoms with Crippen LogP contribution in [0, 0.1) is 0 Å². The maximum atomic E-state index is 12.0. The summed E-state index contributed by atoms with van der Waals surface area (Å²) < 4.78 is 6.76. The quantitative estimate of drug-likeness (QED) is 0.716. The molecule has 6 nitrogen and oxygen atoms in total. The third kappa shape index (κ3) is 8.55. The van der Waals surface area contributed by atoms with Crippen LogP contribution >= 0.6 is 0 Å². The van der Waals surface area contributed by atoms with Gasteiger partial charge >= 0.3 is 6.09 Å². The van der Waals surface area contributed by atoms with Crippen molar-refractivity contribution in [3.8, 4) is 0 Å². The highest BCUT2D eigenvalue weighted by molar-refractivity contribution is 5.68. The molecule has 0 saturated heterocycles. The Morgan fingerprint density at radius 1 is 1.33 bits per heavy atom. The molecule has 0 fully saturated rings. The zero-order chi connectivity index (χ0) is 20.4. The van der Waals surface area contributed by atoms with Crippen molar-refractivity contribution in [3.05, 3.63) is 64.6 Å². The van der Waals surface area contributed by atoms with Gasteiger partial charge in [0.1, 0.15) is 5.60 Å². The van der Waals surface area contributed by atoms with Crippen LogP contribution in [0.3, 0.4) is 0 Å². The van der Waals surface area contributed by atoms with Gasteiger partial charge in [0.2, 0.25) is 0 Å². The van der Waals surface area contributed by atoms with Gasteiger partial charge in [0.05, 0.1) is 12.6 Å². The summed E-state index contributed by atoms with van der Waals surface area (Å²) >= 11 is 0. The lowest BCUT2D eigenvalue weighted by Gasteiger charge is -2.22. The lowest BCUT2D eigenvalue weighted by atomic mass is 10.1. The molecule has 1 heterocycles. The van der Waals surface area contributed by atoms with Crippen LogP contribution in [0.1, 0.15) is 41.0 Å². The van der Waals surface area contributed by atoms with Crippen molar-refractivity contribution < 1.29 is 14.6 Å². The van der Waals surface area contributed by atoms with E-state index in [0.717, 1.165) is 11.3 Å². The van der Waals surface area contributed by atoms with Gasteiger partial charge in [0.15, 0.2) is 0 Å². The van der Waals surface area contributed by atoms with Gasteiger partial charge < -0.3 is 15.2 Å². The topological polar surface area (TPSA) is 80.6 Å². The lowest BCUT2D eigenvalue weighted by Crippen LogP contribution is -2.41. The van der Waals surface area contributed by atoms with Gasteiger partial charge in [0, 0.05) is 18.0 Å². The molecule has 6 heteroatoms. The van der Waals surface area contributed by atoms with E-state index in [1.807, 2.05) is 38.2 Å². The number of nitrogens with one attached hydrogen (secondary N) is 1. The number of pyridine rings is 1. The Morgan fingerprint density at radius 2 is 2.04 bits per heavy atom. The molecular formula is C21H30N2O4. The first kappa shape index (κ1) is 22.4. The average molecular weight is 374 g/mol. The fourth-order valence-electron chi connectivity index (χ4n) is 2.35. The van der Waals surface area contributed by atoms with Crippen molar-refractivity contribution >= 4 is 11.8 Å². The summed E-state index contributed by atoms with van der Waals surface area (Å²) in [6, 6.07) is 4.54. The Labute approximate surface area is 160 Å². The summed E-state index contributed by atoms with van der Waals surface area (Å²) in [5.41, 5.74) is 0.953. The Hall–Kier alpha value is -2.60. The van der Waals surface area contributed by atoms with Crippen LogP contribution in [-0.4, -0.2) is 34.0 Å². The Balaban J connectivity index is 2.88. The first-order valence-corrected chi connectivity index (χ1v) is 8.95. The highest BCUT2D eigenvalue weighted by Crippen LogP contribution is 2.11. The minimum Gasteiger partial charge on any atom is -0.444 e. The number of amides is 1. The smallest absolute Gasteiger partial charge is 0.407 e. The number of aliphatic hydroxyl groups excluding tert-OH is 1. The predicted molar refractivity (Wildman–Crippen MR) is 108 cm³/mol. The number of nitrogens with zero attached hydrogens (tertiary/aromatic N) is 1. The first-order chi connectivity index (χ1) is 12.7. The molecule has 0 aliphatic heterocycles. The SMILES string of the molecule is C\C=C/C(=C\C=C(/C)CC(CO)NC(=O)OC(C)(C)C)n1ccccc1=O. The van der Waals surface area contributed by atoms with Crippen LogP contribution in [0.2, 0.25) is 0 Å². The predicted octanol–water partition coefficient (Wildman–Crippen LogP) is 3.49. The van der Waals surface area contributed by atoms with E-state index in [9.17, 15) is 14.7 Å². The summed E-state index contributed by atoms with van der Waals surface area (Å²) in [6.07, 6.45) is 9.00. The summed E-state index contributed by atoms with van der Waals surface area (Å²) in [4.78, 5) is 23.9. The average Bonchev–Trinajstić information content (AvgIpc) is 2.57. The van der Waals surface area contributed by atoms with Crippen molar-refractivity contribution in [2.24, 2.45) is 0 Å². The number of ether oxygens (including phenoxy) is 1. The molecule has 148 valence electrons. The molecule has 1 aromatic heterocycles. The van der Waals surface area contributed by atoms with E-state index < -0.39 is 17.7 Å². The van der Waals surface area contributed by atoms with E-state index in [2.05, 4.69) is 5.32 Å². The second kappa shape index (κ2) is 10.5. The zero-order valence-electron chi connectivity index (χ0n) is 16.7. The molecule has 0 aromatic carbocycles. The van der Waals surface area contributed by atoms with E-state index in [1.165, 1.54) is 6.07 Å². The Bertz CT molecular complexity index is 767. The molecule has 1 atom stereocenters. The van der Waals surface area contributed by atoms with E-state index >= 15 is 0 Å². The highest BCUT2D eigenvalue weighted by Gasteiger charge is 2.19. The van der Waals surface area contributed by atoms with E-state index in [1.54, 1.807) is 43.7 Å². The summed E-state index contributed by atoms with van der Waals surface area (Å²) in [7, 11) is 0.